The molecule has 0 spiro atoms. The van der Waals surface area contributed by atoms with E-state index >= 15 is 0 Å². The minimum absolute atomic E-state index is 0.00678. The highest BCUT2D eigenvalue weighted by atomic mass is 32.2. The van der Waals surface area contributed by atoms with Crippen LogP contribution in [0.4, 0.5) is 0 Å². The van der Waals surface area contributed by atoms with E-state index in [2.05, 4.69) is 6.92 Å². The van der Waals surface area contributed by atoms with Crippen LogP contribution in [0.3, 0.4) is 0 Å². The Bertz CT molecular complexity index is 400. The summed E-state index contributed by atoms with van der Waals surface area (Å²) in [4.78, 5) is 0. The maximum Gasteiger partial charge on any atom is 0.219 e. The largest absolute Gasteiger partial charge is 0.391 e. The first-order chi connectivity index (χ1) is 9.18. The summed E-state index contributed by atoms with van der Waals surface area (Å²) in [6.45, 7) is 9.34. The highest BCUT2D eigenvalue weighted by Gasteiger charge is 2.59. The third-order valence-electron chi connectivity index (χ3n) is 4.06. The number of aliphatic hydroxyl groups excluding tert-OH is 1. The second-order valence-electron chi connectivity index (χ2n) is 6.86. The van der Waals surface area contributed by atoms with Crippen LogP contribution in [0, 0.1) is 0 Å². The number of unbranched alkanes of at least 4 members (excludes halogenated alkanes) is 2. The molecule has 4 nitrogen and oxygen atoms in total. The Morgan fingerprint density at radius 3 is 2.20 bits per heavy atom. The van der Waals surface area contributed by atoms with Gasteiger partial charge < -0.3 is 5.11 Å². The quantitative estimate of drug-likeness (QED) is 0.554. The first-order valence-electron chi connectivity index (χ1n) is 7.89. The predicted octanol–water partition coefficient (Wildman–Crippen LogP) is 2.91. The second kappa shape index (κ2) is 6.75. The zero-order valence-electron chi connectivity index (χ0n) is 13.6. The molecule has 0 aromatic heterocycles. The van der Waals surface area contributed by atoms with Crippen LogP contribution in [0.1, 0.15) is 73.1 Å². The van der Waals surface area contributed by atoms with Crippen LogP contribution in [0.5, 0.6) is 0 Å². The summed E-state index contributed by atoms with van der Waals surface area (Å²) in [5.41, 5.74) is 0. The number of hydrogen-bond acceptors (Lipinski definition) is 3. The van der Waals surface area contributed by atoms with Gasteiger partial charge >= 0.3 is 0 Å². The van der Waals surface area contributed by atoms with Gasteiger partial charge in [-0.05, 0) is 33.6 Å². The first-order valence-corrected chi connectivity index (χ1v) is 9.33. The SMILES string of the molecule is CCCCC[C@@H]1[C@@H]([C@H](O)CCC)N1S(=O)(=O)C(C)(C)C. The van der Waals surface area contributed by atoms with Gasteiger partial charge in [0.25, 0.3) is 0 Å². The van der Waals surface area contributed by atoms with Crippen molar-refractivity contribution in [2.75, 3.05) is 0 Å². The van der Waals surface area contributed by atoms with Crippen molar-refractivity contribution in [2.45, 2.75) is 96.1 Å². The molecule has 0 aliphatic carbocycles. The van der Waals surface area contributed by atoms with Gasteiger partial charge in [0, 0.05) is 6.04 Å². The lowest BCUT2D eigenvalue weighted by Crippen LogP contribution is -2.36. The summed E-state index contributed by atoms with van der Waals surface area (Å²) in [6.07, 6.45) is 5.18. The molecule has 1 aliphatic rings. The molecule has 0 bridgehead atoms. The first kappa shape index (κ1) is 17.9. The van der Waals surface area contributed by atoms with Gasteiger partial charge in [0.15, 0.2) is 0 Å². The van der Waals surface area contributed by atoms with Gasteiger partial charge in [0.2, 0.25) is 10.0 Å². The molecule has 1 saturated heterocycles. The van der Waals surface area contributed by atoms with E-state index in [0.717, 1.165) is 32.1 Å². The zero-order chi connectivity index (χ0) is 15.6. The Balaban J connectivity index is 2.81. The average molecular weight is 305 g/mol. The van der Waals surface area contributed by atoms with Gasteiger partial charge in [-0.25, -0.2) is 8.42 Å². The molecule has 0 saturated carbocycles. The summed E-state index contributed by atoms with van der Waals surface area (Å²) in [6, 6.07) is -0.191. The normalized spacial score (nSPS) is 28.4. The molecule has 1 heterocycles. The van der Waals surface area contributed by atoms with Crippen molar-refractivity contribution in [3.63, 3.8) is 0 Å². The molecule has 0 amide bonds. The van der Waals surface area contributed by atoms with E-state index in [9.17, 15) is 13.5 Å². The van der Waals surface area contributed by atoms with Crippen molar-refractivity contribution in [1.29, 1.82) is 0 Å². The van der Waals surface area contributed by atoms with Crippen LogP contribution in [0.2, 0.25) is 0 Å². The third-order valence-corrected chi connectivity index (χ3v) is 6.68. The molecular formula is C15H31NO3S. The fraction of sp³-hybridized carbons (Fsp3) is 1.00. The Labute approximate surface area is 124 Å². The number of sulfonamides is 1. The van der Waals surface area contributed by atoms with Crippen molar-refractivity contribution < 1.29 is 13.5 Å². The van der Waals surface area contributed by atoms with Crippen LogP contribution in [-0.2, 0) is 10.0 Å². The molecule has 0 aromatic rings. The predicted molar refractivity (Wildman–Crippen MR) is 83.1 cm³/mol. The van der Waals surface area contributed by atoms with E-state index in [-0.39, 0.29) is 12.1 Å². The number of nitrogens with zero attached hydrogens (tertiary/aromatic N) is 1. The van der Waals surface area contributed by atoms with E-state index in [4.69, 9.17) is 0 Å². The van der Waals surface area contributed by atoms with Gasteiger partial charge in [-0.15, -0.1) is 0 Å². The maximum absolute atomic E-state index is 12.6. The molecule has 20 heavy (non-hydrogen) atoms. The highest BCUT2D eigenvalue weighted by Crippen LogP contribution is 2.42. The van der Waals surface area contributed by atoms with Gasteiger partial charge in [0.05, 0.1) is 16.9 Å². The zero-order valence-corrected chi connectivity index (χ0v) is 14.4. The van der Waals surface area contributed by atoms with Crippen molar-refractivity contribution in [3.05, 3.63) is 0 Å². The molecular weight excluding hydrogens is 274 g/mol. The molecule has 120 valence electrons. The summed E-state index contributed by atoms with van der Waals surface area (Å²) < 4.78 is 26.0. The summed E-state index contributed by atoms with van der Waals surface area (Å²) in [7, 11) is -3.33. The standard InChI is InChI=1S/C15H31NO3S/c1-6-8-9-11-12-14(13(17)10-7-2)16(12)20(18,19)15(3,4)5/h12-14,17H,6-11H2,1-5H3/t12-,13-,14+,16?/m1/s1. The summed E-state index contributed by atoms with van der Waals surface area (Å²) in [5.74, 6) is 0. The fourth-order valence-corrected chi connectivity index (χ4v) is 4.49. The minimum Gasteiger partial charge on any atom is -0.391 e. The minimum atomic E-state index is -3.33. The number of hydrogen-bond donors (Lipinski definition) is 1. The van der Waals surface area contributed by atoms with Crippen LogP contribution in [0.25, 0.3) is 0 Å². The number of rotatable bonds is 8. The smallest absolute Gasteiger partial charge is 0.219 e. The van der Waals surface area contributed by atoms with Gasteiger partial charge in [-0.3, -0.25) is 0 Å². The molecule has 1 unspecified atom stereocenters. The topological polar surface area (TPSA) is 57.4 Å². The van der Waals surface area contributed by atoms with Crippen LogP contribution >= 0.6 is 0 Å². The molecule has 1 fully saturated rings. The fourth-order valence-electron chi connectivity index (χ4n) is 2.73. The van der Waals surface area contributed by atoms with Crippen LogP contribution < -0.4 is 0 Å². The highest BCUT2D eigenvalue weighted by molar-refractivity contribution is 7.90. The van der Waals surface area contributed by atoms with Crippen molar-refractivity contribution in [2.24, 2.45) is 0 Å². The number of aliphatic hydroxyl groups is 1. The maximum atomic E-state index is 12.6. The Hall–Kier alpha value is -0.130. The molecule has 5 heteroatoms. The second-order valence-corrected chi connectivity index (χ2v) is 9.45. The summed E-state index contributed by atoms with van der Waals surface area (Å²) >= 11 is 0. The average Bonchev–Trinajstić information content (AvgIpc) is 3.03. The lowest BCUT2D eigenvalue weighted by atomic mass is 10.1. The van der Waals surface area contributed by atoms with Crippen LogP contribution in [0.15, 0.2) is 0 Å². The van der Waals surface area contributed by atoms with Gasteiger partial charge in [0.1, 0.15) is 0 Å². The molecule has 1 N–H and O–H groups in total. The summed E-state index contributed by atoms with van der Waals surface area (Å²) in [5, 5.41) is 10.2. The molecule has 1 aliphatic heterocycles. The van der Waals surface area contributed by atoms with E-state index in [1.807, 2.05) is 6.92 Å². The Kier molecular flexibility index (Phi) is 6.05. The van der Waals surface area contributed by atoms with Crippen molar-refractivity contribution in [3.8, 4) is 0 Å². The van der Waals surface area contributed by atoms with Gasteiger partial charge in [-0.2, -0.15) is 4.31 Å². The van der Waals surface area contributed by atoms with Gasteiger partial charge in [-0.1, -0.05) is 39.5 Å². The van der Waals surface area contributed by atoms with Crippen molar-refractivity contribution in [1.82, 2.24) is 4.31 Å². The van der Waals surface area contributed by atoms with Crippen molar-refractivity contribution >= 4 is 10.0 Å². The monoisotopic (exact) mass is 305 g/mol. The third kappa shape index (κ3) is 3.74. The Morgan fingerprint density at radius 2 is 1.75 bits per heavy atom. The Morgan fingerprint density at radius 1 is 1.15 bits per heavy atom. The van der Waals surface area contributed by atoms with Crippen LogP contribution in [-0.4, -0.2) is 40.8 Å². The molecule has 4 atom stereocenters. The molecule has 1 rings (SSSR count). The lowest BCUT2D eigenvalue weighted by molar-refractivity contribution is 0.152. The lowest BCUT2D eigenvalue weighted by Gasteiger charge is -2.21. The molecule has 0 aromatic carbocycles. The van der Waals surface area contributed by atoms with E-state index in [1.165, 1.54) is 0 Å². The van der Waals surface area contributed by atoms with E-state index in [1.54, 1.807) is 25.1 Å². The van der Waals surface area contributed by atoms with E-state index in [0.29, 0.717) is 6.42 Å². The van der Waals surface area contributed by atoms with E-state index < -0.39 is 20.9 Å². The molecule has 0 radical (unpaired) electrons.